The fraction of sp³-hybridized carbons (Fsp3) is 0.500. The van der Waals surface area contributed by atoms with Crippen molar-refractivity contribution in [3.05, 3.63) is 29.8 Å². The van der Waals surface area contributed by atoms with E-state index in [1.807, 2.05) is 29.2 Å². The Kier molecular flexibility index (Phi) is 3.19. The quantitative estimate of drug-likeness (QED) is 0.746. The van der Waals surface area contributed by atoms with Crippen LogP contribution in [0, 0.1) is 5.92 Å². The van der Waals surface area contributed by atoms with E-state index in [2.05, 4.69) is 0 Å². The third kappa shape index (κ3) is 2.20. The molecule has 18 heavy (non-hydrogen) atoms. The van der Waals surface area contributed by atoms with E-state index in [0.29, 0.717) is 32.9 Å². The Balaban J connectivity index is 1.69. The lowest BCUT2D eigenvalue weighted by atomic mass is 9.95. The molecule has 96 valence electrons. The Labute approximate surface area is 106 Å². The van der Waals surface area contributed by atoms with Crippen LogP contribution in [0.4, 0.5) is 0 Å². The van der Waals surface area contributed by atoms with Crippen molar-refractivity contribution in [1.82, 2.24) is 4.90 Å². The summed E-state index contributed by atoms with van der Waals surface area (Å²) in [6.07, 6.45) is 0.784. The van der Waals surface area contributed by atoms with Gasteiger partial charge in [0.05, 0.1) is 19.1 Å². The monoisotopic (exact) mass is 247 g/mol. The number of benzene rings is 1. The third-order valence-electron chi connectivity index (χ3n) is 3.55. The molecule has 1 atom stereocenters. The number of morpholine rings is 1. The van der Waals surface area contributed by atoms with Gasteiger partial charge in [-0.05, 0) is 18.1 Å². The van der Waals surface area contributed by atoms with Crippen LogP contribution in [0.15, 0.2) is 24.3 Å². The first-order chi connectivity index (χ1) is 8.84. The van der Waals surface area contributed by atoms with Crippen molar-refractivity contribution in [3.8, 4) is 5.75 Å². The Morgan fingerprint density at radius 3 is 2.83 bits per heavy atom. The van der Waals surface area contributed by atoms with Crippen LogP contribution in [0.25, 0.3) is 0 Å². The highest BCUT2D eigenvalue weighted by atomic mass is 16.5. The number of fused-ring (bicyclic) bond motifs is 1. The summed E-state index contributed by atoms with van der Waals surface area (Å²) >= 11 is 0. The molecule has 1 amide bonds. The molecule has 0 radical (unpaired) electrons. The van der Waals surface area contributed by atoms with Gasteiger partial charge in [0, 0.05) is 13.1 Å². The summed E-state index contributed by atoms with van der Waals surface area (Å²) in [5.74, 6) is 1.08. The molecule has 1 unspecified atom stereocenters. The fourth-order valence-corrected chi connectivity index (χ4v) is 2.53. The zero-order valence-electron chi connectivity index (χ0n) is 10.3. The SMILES string of the molecule is O=C(C1COc2ccccc2C1)N1CCOCC1. The molecule has 2 aliphatic rings. The maximum absolute atomic E-state index is 12.4. The van der Waals surface area contributed by atoms with E-state index >= 15 is 0 Å². The standard InChI is InChI=1S/C14H17NO3/c16-14(15-5-7-17-8-6-15)12-9-11-3-1-2-4-13(11)18-10-12/h1-4,12H,5-10H2. The molecule has 0 spiro atoms. The van der Waals surface area contributed by atoms with Crippen LogP contribution in [0.3, 0.4) is 0 Å². The molecule has 4 heteroatoms. The lowest BCUT2D eigenvalue weighted by Gasteiger charge is -2.32. The lowest BCUT2D eigenvalue weighted by molar-refractivity contribution is -0.141. The normalized spacial score (nSPS) is 23.1. The van der Waals surface area contributed by atoms with Crippen LogP contribution in [0.5, 0.6) is 5.75 Å². The molecular weight excluding hydrogens is 230 g/mol. The zero-order valence-corrected chi connectivity index (χ0v) is 10.3. The molecule has 0 N–H and O–H groups in total. The number of carbonyl (C=O) groups is 1. The average Bonchev–Trinajstić information content (AvgIpc) is 2.47. The van der Waals surface area contributed by atoms with Crippen LogP contribution in [0.2, 0.25) is 0 Å². The minimum atomic E-state index is -0.0435. The Bertz CT molecular complexity index is 440. The molecule has 2 aliphatic heterocycles. The van der Waals surface area contributed by atoms with E-state index in [9.17, 15) is 4.79 Å². The van der Waals surface area contributed by atoms with Crippen molar-refractivity contribution >= 4 is 5.91 Å². The van der Waals surface area contributed by atoms with Crippen LogP contribution >= 0.6 is 0 Å². The van der Waals surface area contributed by atoms with Gasteiger partial charge < -0.3 is 14.4 Å². The molecule has 0 saturated carbocycles. The van der Waals surface area contributed by atoms with E-state index in [4.69, 9.17) is 9.47 Å². The van der Waals surface area contributed by atoms with Crippen molar-refractivity contribution in [2.45, 2.75) is 6.42 Å². The van der Waals surface area contributed by atoms with Crippen molar-refractivity contribution in [2.24, 2.45) is 5.92 Å². The third-order valence-corrected chi connectivity index (χ3v) is 3.55. The van der Waals surface area contributed by atoms with E-state index in [1.54, 1.807) is 0 Å². The summed E-state index contributed by atoms with van der Waals surface area (Å²) in [5, 5.41) is 0. The second-order valence-corrected chi connectivity index (χ2v) is 4.76. The van der Waals surface area contributed by atoms with Crippen LogP contribution < -0.4 is 4.74 Å². The fourth-order valence-electron chi connectivity index (χ4n) is 2.53. The maximum atomic E-state index is 12.4. The number of amides is 1. The van der Waals surface area contributed by atoms with Gasteiger partial charge >= 0.3 is 0 Å². The lowest BCUT2D eigenvalue weighted by Crippen LogP contribution is -2.46. The minimum Gasteiger partial charge on any atom is -0.492 e. The summed E-state index contributed by atoms with van der Waals surface area (Å²) in [6.45, 7) is 3.20. The zero-order chi connectivity index (χ0) is 12.4. The first kappa shape index (κ1) is 11.5. The van der Waals surface area contributed by atoms with Gasteiger partial charge in [0.2, 0.25) is 5.91 Å². The number of rotatable bonds is 1. The van der Waals surface area contributed by atoms with Gasteiger partial charge in [-0.1, -0.05) is 18.2 Å². The molecular formula is C14H17NO3. The van der Waals surface area contributed by atoms with E-state index < -0.39 is 0 Å². The molecule has 1 saturated heterocycles. The molecule has 0 aromatic heterocycles. The van der Waals surface area contributed by atoms with Crippen molar-refractivity contribution < 1.29 is 14.3 Å². The smallest absolute Gasteiger partial charge is 0.229 e. The van der Waals surface area contributed by atoms with E-state index in [-0.39, 0.29) is 11.8 Å². The van der Waals surface area contributed by atoms with Crippen LogP contribution in [-0.2, 0) is 16.0 Å². The van der Waals surface area contributed by atoms with Gasteiger partial charge in [-0.25, -0.2) is 0 Å². The second kappa shape index (κ2) is 4.98. The van der Waals surface area contributed by atoms with Crippen LogP contribution in [0.1, 0.15) is 5.56 Å². The highest BCUT2D eigenvalue weighted by Crippen LogP contribution is 2.27. The number of carbonyl (C=O) groups excluding carboxylic acids is 1. The topological polar surface area (TPSA) is 38.8 Å². The molecule has 1 aromatic rings. The van der Waals surface area contributed by atoms with Gasteiger partial charge in [-0.2, -0.15) is 0 Å². The van der Waals surface area contributed by atoms with Gasteiger partial charge in [-0.3, -0.25) is 4.79 Å². The number of hydrogen-bond donors (Lipinski definition) is 0. The molecule has 0 bridgehead atoms. The van der Waals surface area contributed by atoms with Gasteiger partial charge in [0.15, 0.2) is 0 Å². The number of hydrogen-bond acceptors (Lipinski definition) is 3. The maximum Gasteiger partial charge on any atom is 0.229 e. The van der Waals surface area contributed by atoms with Crippen molar-refractivity contribution in [3.63, 3.8) is 0 Å². The van der Waals surface area contributed by atoms with Gasteiger partial charge in [0.25, 0.3) is 0 Å². The highest BCUT2D eigenvalue weighted by Gasteiger charge is 2.30. The summed E-state index contributed by atoms with van der Waals surface area (Å²) < 4.78 is 10.9. The molecule has 2 heterocycles. The van der Waals surface area contributed by atoms with E-state index in [0.717, 1.165) is 17.7 Å². The van der Waals surface area contributed by atoms with Crippen molar-refractivity contribution in [2.75, 3.05) is 32.9 Å². The predicted molar refractivity (Wildman–Crippen MR) is 66.5 cm³/mol. The highest BCUT2D eigenvalue weighted by molar-refractivity contribution is 5.79. The first-order valence-corrected chi connectivity index (χ1v) is 6.42. The molecule has 0 aliphatic carbocycles. The van der Waals surface area contributed by atoms with Gasteiger partial charge in [-0.15, -0.1) is 0 Å². The van der Waals surface area contributed by atoms with Gasteiger partial charge in [0.1, 0.15) is 12.4 Å². The first-order valence-electron chi connectivity index (χ1n) is 6.42. The Hall–Kier alpha value is -1.55. The summed E-state index contributed by atoms with van der Waals surface area (Å²) in [7, 11) is 0. The molecule has 3 rings (SSSR count). The summed E-state index contributed by atoms with van der Waals surface area (Å²) in [4.78, 5) is 14.2. The summed E-state index contributed by atoms with van der Waals surface area (Å²) in [6, 6.07) is 7.95. The van der Waals surface area contributed by atoms with Crippen LogP contribution in [-0.4, -0.2) is 43.7 Å². The number of para-hydroxylation sites is 1. The average molecular weight is 247 g/mol. The van der Waals surface area contributed by atoms with E-state index in [1.165, 1.54) is 0 Å². The minimum absolute atomic E-state index is 0.0435. The second-order valence-electron chi connectivity index (χ2n) is 4.76. The molecule has 1 aromatic carbocycles. The Morgan fingerprint density at radius 2 is 2.00 bits per heavy atom. The largest absolute Gasteiger partial charge is 0.492 e. The predicted octanol–water partition coefficient (Wildman–Crippen LogP) is 1.10. The summed E-state index contributed by atoms with van der Waals surface area (Å²) in [5.41, 5.74) is 1.13. The Morgan fingerprint density at radius 1 is 1.22 bits per heavy atom. The number of ether oxygens (including phenoxy) is 2. The molecule has 1 fully saturated rings. The number of nitrogens with zero attached hydrogens (tertiary/aromatic N) is 1. The van der Waals surface area contributed by atoms with Crippen molar-refractivity contribution in [1.29, 1.82) is 0 Å². The molecule has 4 nitrogen and oxygen atoms in total.